The van der Waals surface area contributed by atoms with Gasteiger partial charge in [0.15, 0.2) is 0 Å². The monoisotopic (exact) mass is 442 g/mol. The molecule has 1 fully saturated rings. The second-order valence-corrected chi connectivity index (χ2v) is 9.06. The number of benzene rings is 2. The Labute approximate surface area is 194 Å². The van der Waals surface area contributed by atoms with Crippen LogP contribution in [0.5, 0.6) is 0 Å². The summed E-state index contributed by atoms with van der Waals surface area (Å²) in [4.78, 5) is 27.2. The zero-order valence-electron chi connectivity index (χ0n) is 19.2. The first-order valence-electron chi connectivity index (χ1n) is 11.7. The first kappa shape index (κ1) is 21.2. The summed E-state index contributed by atoms with van der Waals surface area (Å²) in [6.07, 6.45) is 7.33. The normalized spacial score (nSPS) is 16.6. The number of nitrogens with two attached hydrogens (primary N) is 1. The molecule has 33 heavy (non-hydrogen) atoms. The average Bonchev–Trinajstić information content (AvgIpc) is 2.81. The van der Waals surface area contributed by atoms with Gasteiger partial charge >= 0.3 is 6.03 Å². The van der Waals surface area contributed by atoms with Crippen molar-refractivity contribution in [1.82, 2.24) is 9.97 Å². The van der Waals surface area contributed by atoms with E-state index in [1.807, 2.05) is 46.3 Å². The summed E-state index contributed by atoms with van der Waals surface area (Å²) in [7, 11) is 0. The molecule has 2 heterocycles. The standard InChI is InChI=1S/C26H30N6O/c1-17-7-6-8-18(2)23(17)31-16-19-15-28-25(29-21-13-11-20(27)12-14-21)30-24(19)32(26(31)33)22-9-4-3-5-10-22/h6-8,11-15,22H,3-5,9-10,16,27H2,1-2H3,(H,28,29,30). The maximum absolute atomic E-state index is 14.0. The molecule has 0 unspecified atom stereocenters. The maximum atomic E-state index is 14.0. The lowest BCUT2D eigenvalue weighted by Gasteiger charge is -2.42. The molecule has 2 aliphatic rings. The highest BCUT2D eigenvalue weighted by molar-refractivity contribution is 6.06. The first-order chi connectivity index (χ1) is 16.0. The number of hydrogen-bond donors (Lipinski definition) is 2. The molecule has 1 aliphatic heterocycles. The van der Waals surface area contributed by atoms with Crippen LogP contribution in [0, 0.1) is 13.8 Å². The number of hydrogen-bond acceptors (Lipinski definition) is 5. The van der Waals surface area contributed by atoms with Gasteiger partial charge in [0, 0.05) is 29.2 Å². The maximum Gasteiger partial charge on any atom is 0.330 e. The van der Waals surface area contributed by atoms with Crippen LogP contribution in [0.2, 0.25) is 0 Å². The number of para-hydroxylation sites is 1. The summed E-state index contributed by atoms with van der Waals surface area (Å²) in [5.41, 5.74) is 11.5. The lowest BCUT2D eigenvalue weighted by atomic mass is 9.93. The van der Waals surface area contributed by atoms with Gasteiger partial charge in [0.2, 0.25) is 5.95 Å². The molecule has 0 saturated heterocycles. The highest BCUT2D eigenvalue weighted by Gasteiger charge is 2.38. The Bertz CT molecular complexity index is 1150. The number of nitrogens with zero attached hydrogens (tertiary/aromatic N) is 4. The van der Waals surface area contributed by atoms with Crippen molar-refractivity contribution < 1.29 is 4.79 Å². The molecule has 1 aliphatic carbocycles. The van der Waals surface area contributed by atoms with E-state index in [1.54, 1.807) is 0 Å². The van der Waals surface area contributed by atoms with Crippen LogP contribution in [0.4, 0.5) is 33.6 Å². The van der Waals surface area contributed by atoms with Crippen LogP contribution in [-0.4, -0.2) is 22.0 Å². The van der Waals surface area contributed by atoms with Crippen molar-refractivity contribution in [2.45, 2.75) is 58.5 Å². The second kappa shape index (κ2) is 8.73. The molecule has 0 radical (unpaired) electrons. The molecule has 1 saturated carbocycles. The summed E-state index contributed by atoms with van der Waals surface area (Å²) >= 11 is 0. The third-order valence-corrected chi connectivity index (χ3v) is 6.65. The number of aromatic nitrogens is 2. The number of fused-ring (bicyclic) bond motifs is 1. The molecule has 1 aromatic heterocycles. The number of carbonyl (C=O) groups excluding carboxylic acids is 1. The van der Waals surface area contributed by atoms with E-state index in [9.17, 15) is 4.79 Å². The SMILES string of the molecule is Cc1cccc(C)c1N1Cc2cnc(Nc3ccc(N)cc3)nc2N(C2CCCCC2)C1=O. The largest absolute Gasteiger partial charge is 0.399 e. The van der Waals surface area contributed by atoms with Gasteiger partial charge in [-0.05, 0) is 62.1 Å². The second-order valence-electron chi connectivity index (χ2n) is 9.06. The first-order valence-corrected chi connectivity index (χ1v) is 11.7. The van der Waals surface area contributed by atoms with Gasteiger partial charge in [-0.3, -0.25) is 9.80 Å². The molecule has 5 rings (SSSR count). The fourth-order valence-electron chi connectivity index (χ4n) is 5.01. The van der Waals surface area contributed by atoms with Gasteiger partial charge in [0.1, 0.15) is 5.82 Å². The Hall–Kier alpha value is -3.61. The van der Waals surface area contributed by atoms with Gasteiger partial charge in [-0.2, -0.15) is 4.98 Å². The number of nitrogen functional groups attached to an aromatic ring is 1. The molecule has 3 aromatic rings. The van der Waals surface area contributed by atoms with Crippen LogP contribution in [0.15, 0.2) is 48.7 Å². The molecule has 170 valence electrons. The van der Waals surface area contributed by atoms with Gasteiger partial charge in [0.05, 0.1) is 12.2 Å². The predicted molar refractivity (Wildman–Crippen MR) is 133 cm³/mol. The van der Waals surface area contributed by atoms with E-state index in [-0.39, 0.29) is 12.1 Å². The van der Waals surface area contributed by atoms with Crippen molar-refractivity contribution in [3.8, 4) is 0 Å². The van der Waals surface area contributed by atoms with E-state index in [0.29, 0.717) is 18.2 Å². The lowest BCUT2D eigenvalue weighted by molar-refractivity contribution is 0.244. The Morgan fingerprint density at radius 2 is 1.70 bits per heavy atom. The third kappa shape index (κ3) is 4.11. The van der Waals surface area contributed by atoms with Crippen LogP contribution in [0.1, 0.15) is 48.8 Å². The number of amides is 2. The quantitative estimate of drug-likeness (QED) is 0.506. The predicted octanol–water partition coefficient (Wildman–Crippen LogP) is 5.70. The molecule has 2 amide bonds. The van der Waals surface area contributed by atoms with E-state index in [1.165, 1.54) is 6.42 Å². The summed E-state index contributed by atoms with van der Waals surface area (Å²) in [6.45, 7) is 4.59. The molecular formula is C26H30N6O. The summed E-state index contributed by atoms with van der Waals surface area (Å²) in [5.74, 6) is 1.20. The zero-order valence-corrected chi connectivity index (χ0v) is 19.2. The summed E-state index contributed by atoms with van der Waals surface area (Å²) in [6, 6.07) is 13.8. The third-order valence-electron chi connectivity index (χ3n) is 6.65. The zero-order chi connectivity index (χ0) is 22.9. The number of anilines is 5. The van der Waals surface area contributed by atoms with Crippen LogP contribution in [0.25, 0.3) is 0 Å². The van der Waals surface area contributed by atoms with E-state index in [0.717, 1.165) is 59.6 Å². The fourth-order valence-corrected chi connectivity index (χ4v) is 5.01. The van der Waals surface area contributed by atoms with Crippen LogP contribution < -0.4 is 20.9 Å². The van der Waals surface area contributed by atoms with Crippen molar-refractivity contribution in [2.75, 3.05) is 20.9 Å². The van der Waals surface area contributed by atoms with E-state index < -0.39 is 0 Å². The van der Waals surface area contributed by atoms with Crippen molar-refractivity contribution in [3.05, 3.63) is 65.4 Å². The molecule has 7 heteroatoms. The van der Waals surface area contributed by atoms with Gasteiger partial charge in [-0.1, -0.05) is 37.5 Å². The van der Waals surface area contributed by atoms with Gasteiger partial charge < -0.3 is 11.1 Å². The minimum atomic E-state index is 0.00364. The fraction of sp³-hybridized carbons (Fsp3) is 0.346. The molecule has 7 nitrogen and oxygen atoms in total. The van der Waals surface area contributed by atoms with Gasteiger partial charge in [-0.25, -0.2) is 9.78 Å². The van der Waals surface area contributed by atoms with Crippen LogP contribution in [-0.2, 0) is 6.54 Å². The highest BCUT2D eigenvalue weighted by Crippen LogP contribution is 2.38. The smallest absolute Gasteiger partial charge is 0.330 e. The Morgan fingerprint density at radius 3 is 2.39 bits per heavy atom. The number of aryl methyl sites for hydroxylation is 2. The Kier molecular flexibility index (Phi) is 5.62. The van der Waals surface area contributed by atoms with Crippen molar-refractivity contribution >= 4 is 34.9 Å². The van der Waals surface area contributed by atoms with Crippen LogP contribution in [0.3, 0.4) is 0 Å². The van der Waals surface area contributed by atoms with Gasteiger partial charge in [0.25, 0.3) is 0 Å². The minimum absolute atomic E-state index is 0.00364. The number of urea groups is 1. The van der Waals surface area contributed by atoms with Crippen molar-refractivity contribution in [3.63, 3.8) is 0 Å². The van der Waals surface area contributed by atoms with Crippen molar-refractivity contribution in [2.24, 2.45) is 0 Å². The Balaban J connectivity index is 1.55. The minimum Gasteiger partial charge on any atom is -0.399 e. The number of rotatable bonds is 4. The topological polar surface area (TPSA) is 87.4 Å². The number of carbonyl (C=O) groups is 1. The molecule has 3 N–H and O–H groups in total. The van der Waals surface area contributed by atoms with Gasteiger partial charge in [-0.15, -0.1) is 0 Å². The molecule has 0 bridgehead atoms. The summed E-state index contributed by atoms with van der Waals surface area (Å²) in [5, 5.41) is 3.25. The number of nitrogens with one attached hydrogen (secondary N) is 1. The molecule has 0 atom stereocenters. The van der Waals surface area contributed by atoms with E-state index in [4.69, 9.17) is 10.7 Å². The van der Waals surface area contributed by atoms with E-state index in [2.05, 4.69) is 36.3 Å². The average molecular weight is 443 g/mol. The molecule has 0 spiro atoms. The van der Waals surface area contributed by atoms with E-state index >= 15 is 0 Å². The molecule has 2 aromatic carbocycles. The van der Waals surface area contributed by atoms with Crippen LogP contribution >= 0.6 is 0 Å². The highest BCUT2D eigenvalue weighted by atomic mass is 16.2. The van der Waals surface area contributed by atoms with Crippen molar-refractivity contribution in [1.29, 1.82) is 0 Å². The molecular weight excluding hydrogens is 412 g/mol. The lowest BCUT2D eigenvalue weighted by Crippen LogP contribution is -2.53. The Morgan fingerprint density at radius 1 is 1.00 bits per heavy atom. The summed E-state index contributed by atoms with van der Waals surface area (Å²) < 4.78 is 0.